The molecule has 1 fully saturated rings. The van der Waals surface area contributed by atoms with E-state index in [2.05, 4.69) is 34.8 Å². The van der Waals surface area contributed by atoms with Crippen LogP contribution in [-0.4, -0.2) is 60.9 Å². The summed E-state index contributed by atoms with van der Waals surface area (Å²) < 4.78 is 51.1. The Bertz CT molecular complexity index is 1550. The van der Waals surface area contributed by atoms with Gasteiger partial charge in [-0.25, -0.2) is 23.3 Å². The lowest BCUT2D eigenvalue weighted by molar-refractivity contribution is 0.140. The van der Waals surface area contributed by atoms with E-state index >= 15 is 4.39 Å². The number of nitrogens with zero attached hydrogens (tertiary/aromatic N) is 5. The van der Waals surface area contributed by atoms with E-state index < -0.39 is 25.6 Å². The topological polar surface area (TPSA) is 185 Å². The summed E-state index contributed by atoms with van der Waals surface area (Å²) in [4.78, 5) is 39.9. The summed E-state index contributed by atoms with van der Waals surface area (Å²) in [5, 5.41) is 3.17. The minimum Gasteiger partial charge on any atom is -0.421 e. The highest BCUT2D eigenvalue weighted by atomic mass is 31.2. The van der Waals surface area contributed by atoms with Gasteiger partial charge in [0.2, 0.25) is 0 Å². The van der Waals surface area contributed by atoms with Crippen molar-refractivity contribution in [2.75, 3.05) is 30.4 Å². The zero-order valence-corrected chi connectivity index (χ0v) is 21.2. The number of hydrogen-bond donors (Lipinski definition) is 5. The minimum absolute atomic E-state index is 0.0109. The maximum absolute atomic E-state index is 15.1. The smallest absolute Gasteiger partial charge is 0.421 e. The van der Waals surface area contributed by atoms with Crippen LogP contribution in [0.15, 0.2) is 18.5 Å². The number of phosphoric acid groups is 1. The molecule has 13 nitrogen and oxygen atoms in total. The molecule has 1 aromatic carbocycles. The number of piperidine rings is 1. The maximum Gasteiger partial charge on any atom is 0.470 e. The standard InChI is InChI=1S/C22H25F2N8O5P/c1-10(37-38(33,34)35)19-27-7-12(8-28-19)36-22-30-20-16(21(31-22)32-5-3-4-11(25)9-32)15-17(24)13(23)6-14(26-2)18(15)29-20/h6-8,10-11,26H,3-5,9,25H2,1-2H3,(H,29,30,31)(H2,33,34,35)/t10-,11-/m0/s1. The van der Waals surface area contributed by atoms with Crippen LogP contribution in [0.2, 0.25) is 0 Å². The summed E-state index contributed by atoms with van der Waals surface area (Å²) in [6, 6.07) is 0.821. The van der Waals surface area contributed by atoms with E-state index in [0.717, 1.165) is 18.9 Å². The molecule has 38 heavy (non-hydrogen) atoms. The molecule has 0 spiro atoms. The molecule has 16 heteroatoms. The number of benzene rings is 1. The van der Waals surface area contributed by atoms with Crippen molar-refractivity contribution in [2.45, 2.75) is 31.9 Å². The Labute approximate surface area is 214 Å². The van der Waals surface area contributed by atoms with Gasteiger partial charge in [-0.3, -0.25) is 4.52 Å². The third-order valence-electron chi connectivity index (χ3n) is 6.13. The van der Waals surface area contributed by atoms with Crippen molar-refractivity contribution in [3.05, 3.63) is 35.9 Å². The Morgan fingerprint density at radius 1 is 1.26 bits per heavy atom. The van der Waals surface area contributed by atoms with Crippen LogP contribution in [0, 0.1) is 11.6 Å². The summed E-state index contributed by atoms with van der Waals surface area (Å²) in [5.41, 5.74) is 7.08. The fraction of sp³-hybridized carbons (Fsp3) is 0.364. The number of aromatic amines is 1. The van der Waals surface area contributed by atoms with Crippen molar-refractivity contribution in [2.24, 2.45) is 5.73 Å². The van der Waals surface area contributed by atoms with Gasteiger partial charge in [0.15, 0.2) is 23.2 Å². The molecular weight excluding hydrogens is 525 g/mol. The number of rotatable bonds is 7. The molecule has 5 rings (SSSR count). The molecule has 0 radical (unpaired) electrons. The van der Waals surface area contributed by atoms with Gasteiger partial charge in [-0.2, -0.15) is 9.97 Å². The molecule has 0 amide bonds. The molecule has 202 valence electrons. The largest absolute Gasteiger partial charge is 0.470 e. The molecule has 3 aromatic heterocycles. The Balaban J connectivity index is 1.58. The van der Waals surface area contributed by atoms with Crippen LogP contribution in [0.4, 0.5) is 20.3 Å². The van der Waals surface area contributed by atoms with Crippen molar-refractivity contribution in [1.29, 1.82) is 0 Å². The summed E-state index contributed by atoms with van der Waals surface area (Å²) in [6.07, 6.45) is 3.07. The van der Waals surface area contributed by atoms with Gasteiger partial charge in [0.1, 0.15) is 17.6 Å². The number of anilines is 2. The highest BCUT2D eigenvalue weighted by Gasteiger charge is 2.27. The molecule has 0 saturated carbocycles. The molecule has 1 saturated heterocycles. The van der Waals surface area contributed by atoms with Crippen molar-refractivity contribution in [3.8, 4) is 11.8 Å². The van der Waals surface area contributed by atoms with Crippen LogP contribution in [0.5, 0.6) is 11.8 Å². The third-order valence-corrected chi connectivity index (χ3v) is 6.72. The van der Waals surface area contributed by atoms with Crippen LogP contribution in [0.1, 0.15) is 31.7 Å². The Hall–Kier alpha value is -3.49. The van der Waals surface area contributed by atoms with Gasteiger partial charge >= 0.3 is 13.8 Å². The number of nitrogens with two attached hydrogens (primary N) is 1. The Morgan fingerprint density at radius 3 is 2.66 bits per heavy atom. The zero-order valence-electron chi connectivity index (χ0n) is 20.4. The number of phosphoric ester groups is 1. The second-order valence-corrected chi connectivity index (χ2v) is 10.1. The second-order valence-electron chi connectivity index (χ2n) is 8.86. The SMILES string of the molecule is CNc1cc(F)c(F)c2c1[nH]c1nc(Oc3cnc([C@H](C)OP(=O)(O)O)nc3)nc(N3CCC[C@H](N)C3)c12. The van der Waals surface area contributed by atoms with Crippen LogP contribution in [0.25, 0.3) is 21.9 Å². The molecule has 4 heterocycles. The maximum atomic E-state index is 15.1. The Kier molecular flexibility index (Phi) is 6.88. The first-order chi connectivity index (χ1) is 18.0. The fourth-order valence-corrected chi connectivity index (χ4v) is 4.99. The lowest BCUT2D eigenvalue weighted by Gasteiger charge is -2.32. The molecule has 0 unspecified atom stereocenters. The summed E-state index contributed by atoms with van der Waals surface area (Å²) in [7, 11) is -3.13. The number of nitrogens with one attached hydrogen (secondary N) is 2. The molecule has 0 bridgehead atoms. The van der Waals surface area contributed by atoms with E-state index in [0.29, 0.717) is 35.5 Å². The van der Waals surface area contributed by atoms with E-state index in [1.54, 1.807) is 7.05 Å². The molecule has 1 aliphatic rings. The van der Waals surface area contributed by atoms with Crippen molar-refractivity contribution in [3.63, 3.8) is 0 Å². The van der Waals surface area contributed by atoms with Crippen LogP contribution < -0.4 is 20.7 Å². The Morgan fingerprint density at radius 2 is 2.00 bits per heavy atom. The fourth-order valence-electron chi connectivity index (χ4n) is 4.48. The van der Waals surface area contributed by atoms with Crippen molar-refractivity contribution < 1.29 is 32.4 Å². The summed E-state index contributed by atoms with van der Waals surface area (Å²) in [6.45, 7) is 2.43. The van der Waals surface area contributed by atoms with E-state index in [1.165, 1.54) is 19.3 Å². The molecule has 1 aliphatic heterocycles. The highest BCUT2D eigenvalue weighted by Crippen LogP contribution is 2.42. The number of halogens is 2. The van der Waals surface area contributed by atoms with Crippen LogP contribution in [-0.2, 0) is 9.09 Å². The molecule has 6 N–H and O–H groups in total. The van der Waals surface area contributed by atoms with Gasteiger partial charge in [0.05, 0.1) is 34.4 Å². The van der Waals surface area contributed by atoms with E-state index in [-0.39, 0.29) is 34.7 Å². The van der Waals surface area contributed by atoms with Gasteiger partial charge in [-0.05, 0) is 19.8 Å². The summed E-state index contributed by atoms with van der Waals surface area (Å²) >= 11 is 0. The van der Waals surface area contributed by atoms with Crippen molar-refractivity contribution in [1.82, 2.24) is 24.9 Å². The second kappa shape index (κ2) is 10.0. The quantitative estimate of drug-likeness (QED) is 0.212. The number of aromatic nitrogens is 5. The third kappa shape index (κ3) is 5.11. The summed E-state index contributed by atoms with van der Waals surface area (Å²) in [5.74, 6) is -1.56. The first-order valence-electron chi connectivity index (χ1n) is 11.7. The van der Waals surface area contributed by atoms with Gasteiger partial charge in [0.25, 0.3) is 0 Å². The zero-order chi connectivity index (χ0) is 27.2. The number of H-pyrrole nitrogens is 1. The highest BCUT2D eigenvalue weighted by molar-refractivity contribution is 7.46. The predicted molar refractivity (Wildman–Crippen MR) is 134 cm³/mol. The number of ether oxygens (including phenoxy) is 1. The normalized spacial score (nSPS) is 17.2. The van der Waals surface area contributed by atoms with Crippen LogP contribution in [0.3, 0.4) is 0 Å². The first-order valence-corrected chi connectivity index (χ1v) is 13.2. The molecule has 0 aliphatic carbocycles. The van der Waals surface area contributed by atoms with E-state index in [9.17, 15) is 8.96 Å². The van der Waals surface area contributed by atoms with Gasteiger partial charge in [0, 0.05) is 32.2 Å². The van der Waals surface area contributed by atoms with Gasteiger partial charge < -0.3 is 35.5 Å². The predicted octanol–water partition coefficient (Wildman–Crippen LogP) is 3.11. The molecule has 2 atom stereocenters. The number of fused-ring (bicyclic) bond motifs is 3. The monoisotopic (exact) mass is 550 g/mol. The number of hydrogen-bond acceptors (Lipinski definition) is 10. The van der Waals surface area contributed by atoms with Crippen molar-refractivity contribution >= 4 is 41.3 Å². The lowest BCUT2D eigenvalue weighted by Crippen LogP contribution is -2.43. The van der Waals surface area contributed by atoms with Gasteiger partial charge in [-0.15, -0.1) is 0 Å². The van der Waals surface area contributed by atoms with E-state index in [4.69, 9.17) is 20.3 Å². The average molecular weight is 550 g/mol. The minimum atomic E-state index is -4.73. The first kappa shape index (κ1) is 26.1. The van der Waals surface area contributed by atoms with E-state index in [1.807, 2.05) is 4.90 Å². The average Bonchev–Trinajstić information content (AvgIpc) is 3.25. The van der Waals surface area contributed by atoms with Gasteiger partial charge in [-0.1, -0.05) is 0 Å². The molecule has 4 aromatic rings. The lowest BCUT2D eigenvalue weighted by atomic mass is 10.1. The molecular formula is C22H25F2N8O5P. The van der Waals surface area contributed by atoms with Crippen LogP contribution >= 0.6 is 7.82 Å².